The van der Waals surface area contributed by atoms with Crippen molar-refractivity contribution in [3.05, 3.63) is 18.0 Å². The molecule has 0 saturated carbocycles. The van der Waals surface area contributed by atoms with Crippen molar-refractivity contribution < 1.29 is 19.5 Å². The number of aliphatic hydroxyl groups is 1. The van der Waals surface area contributed by atoms with E-state index in [1.54, 1.807) is 6.07 Å². The van der Waals surface area contributed by atoms with E-state index in [4.69, 9.17) is 5.11 Å². The lowest BCUT2D eigenvalue weighted by atomic mass is 10.1. The van der Waals surface area contributed by atoms with Crippen LogP contribution in [0.25, 0.3) is 0 Å². The molecule has 1 unspecified atom stereocenters. The first-order chi connectivity index (χ1) is 6.52. The molecule has 1 aromatic heterocycles. The van der Waals surface area contributed by atoms with Gasteiger partial charge in [0.1, 0.15) is 6.26 Å². The average Bonchev–Trinajstić information content (AvgIpc) is 2.56. The molecular formula is C8H12N2O4. The maximum absolute atomic E-state index is 10.5. The highest BCUT2D eigenvalue weighted by Gasteiger charge is 2.29. The second kappa shape index (κ2) is 4.21. The van der Waals surface area contributed by atoms with Crippen molar-refractivity contribution >= 4 is 5.97 Å². The Kier molecular flexibility index (Phi) is 3.21. The van der Waals surface area contributed by atoms with Gasteiger partial charge in [-0.2, -0.15) is 0 Å². The minimum absolute atomic E-state index is 0.0464. The predicted octanol–water partition coefficient (Wildman–Crippen LogP) is -0.400. The topological polar surface area (TPSA) is 95.6 Å². The second-order valence-electron chi connectivity index (χ2n) is 3.17. The van der Waals surface area contributed by atoms with E-state index in [1.807, 2.05) is 0 Å². The molecule has 0 aliphatic rings. The first kappa shape index (κ1) is 10.7. The maximum atomic E-state index is 10.5. The summed E-state index contributed by atoms with van der Waals surface area (Å²) in [5, 5.41) is 24.3. The number of carboxylic acid groups (broad SMARTS) is 1. The first-order valence-electron chi connectivity index (χ1n) is 4.08. The Morgan fingerprint density at radius 3 is 3.00 bits per heavy atom. The highest BCUT2D eigenvalue weighted by molar-refractivity contribution is 5.76. The molecule has 1 heterocycles. The summed E-state index contributed by atoms with van der Waals surface area (Å²) in [5.41, 5.74) is -1.10. The van der Waals surface area contributed by atoms with E-state index in [2.05, 4.69) is 15.0 Å². The molecule has 78 valence electrons. The molecule has 1 rings (SSSR count). The summed E-state index contributed by atoms with van der Waals surface area (Å²) in [6, 6.07) is 1.66. The minimum Gasteiger partial charge on any atom is -0.479 e. The van der Waals surface area contributed by atoms with E-state index in [0.29, 0.717) is 12.2 Å². The zero-order valence-corrected chi connectivity index (χ0v) is 7.73. The predicted molar refractivity (Wildman–Crippen MR) is 46.5 cm³/mol. The van der Waals surface area contributed by atoms with E-state index in [-0.39, 0.29) is 6.54 Å². The average molecular weight is 200 g/mol. The minimum atomic E-state index is -1.76. The molecule has 3 N–H and O–H groups in total. The van der Waals surface area contributed by atoms with Gasteiger partial charge in [0.05, 0.1) is 5.69 Å². The fourth-order valence-corrected chi connectivity index (χ4v) is 0.838. The van der Waals surface area contributed by atoms with Crippen LogP contribution >= 0.6 is 0 Å². The molecule has 6 nitrogen and oxygen atoms in total. The number of nitrogens with zero attached hydrogens (tertiary/aromatic N) is 1. The van der Waals surface area contributed by atoms with Crippen LogP contribution in [0.3, 0.4) is 0 Å². The van der Waals surface area contributed by atoms with Gasteiger partial charge in [0, 0.05) is 19.2 Å². The van der Waals surface area contributed by atoms with Gasteiger partial charge in [-0.1, -0.05) is 5.16 Å². The van der Waals surface area contributed by atoms with Crippen LogP contribution in [-0.2, 0) is 11.3 Å². The van der Waals surface area contributed by atoms with Crippen molar-refractivity contribution in [3.63, 3.8) is 0 Å². The van der Waals surface area contributed by atoms with E-state index in [0.717, 1.165) is 0 Å². The molecule has 1 atom stereocenters. The highest BCUT2D eigenvalue weighted by atomic mass is 16.5. The van der Waals surface area contributed by atoms with Crippen LogP contribution in [0.4, 0.5) is 0 Å². The maximum Gasteiger partial charge on any atom is 0.336 e. The van der Waals surface area contributed by atoms with Crippen molar-refractivity contribution in [1.29, 1.82) is 0 Å². The van der Waals surface area contributed by atoms with Gasteiger partial charge in [0.15, 0.2) is 5.60 Å². The zero-order chi connectivity index (χ0) is 10.6. The van der Waals surface area contributed by atoms with Crippen molar-refractivity contribution in [1.82, 2.24) is 10.5 Å². The summed E-state index contributed by atoms with van der Waals surface area (Å²) in [4.78, 5) is 10.5. The lowest BCUT2D eigenvalue weighted by Gasteiger charge is -2.17. The number of aromatic nitrogens is 1. The molecule has 0 amide bonds. The van der Waals surface area contributed by atoms with E-state index >= 15 is 0 Å². The number of aliphatic carboxylic acids is 1. The summed E-state index contributed by atoms with van der Waals surface area (Å²) in [5.74, 6) is -1.26. The zero-order valence-electron chi connectivity index (χ0n) is 7.73. The van der Waals surface area contributed by atoms with Crippen LogP contribution in [0.15, 0.2) is 16.9 Å². The molecule has 0 radical (unpaired) electrons. The Balaban J connectivity index is 2.31. The summed E-state index contributed by atoms with van der Waals surface area (Å²) >= 11 is 0. The van der Waals surface area contributed by atoms with Crippen LogP contribution < -0.4 is 5.32 Å². The van der Waals surface area contributed by atoms with Gasteiger partial charge in [-0.25, -0.2) is 4.79 Å². The molecule has 0 aromatic carbocycles. The van der Waals surface area contributed by atoms with Gasteiger partial charge in [-0.3, -0.25) is 0 Å². The monoisotopic (exact) mass is 200 g/mol. The van der Waals surface area contributed by atoms with Crippen LogP contribution in [0, 0.1) is 0 Å². The third kappa shape index (κ3) is 2.82. The molecule has 6 heteroatoms. The molecule has 1 aromatic rings. The molecule has 0 spiro atoms. The highest BCUT2D eigenvalue weighted by Crippen LogP contribution is 2.01. The van der Waals surface area contributed by atoms with E-state index in [9.17, 15) is 9.90 Å². The lowest BCUT2D eigenvalue weighted by Crippen LogP contribution is -2.44. The quantitative estimate of drug-likeness (QED) is 0.598. The molecule has 0 aliphatic heterocycles. The molecule has 0 bridgehead atoms. The van der Waals surface area contributed by atoms with Gasteiger partial charge in [0.2, 0.25) is 0 Å². The van der Waals surface area contributed by atoms with Crippen molar-refractivity contribution in [2.24, 2.45) is 0 Å². The van der Waals surface area contributed by atoms with E-state index in [1.165, 1.54) is 13.2 Å². The Morgan fingerprint density at radius 2 is 2.50 bits per heavy atom. The molecule has 14 heavy (non-hydrogen) atoms. The Hall–Kier alpha value is -1.40. The normalized spacial score (nSPS) is 15.0. The second-order valence-corrected chi connectivity index (χ2v) is 3.17. The van der Waals surface area contributed by atoms with Gasteiger partial charge >= 0.3 is 5.97 Å². The standard InChI is InChI=1S/C8H12N2O4/c1-8(13,7(11)12)5-9-4-6-2-3-14-10-6/h2-3,9,13H,4-5H2,1H3,(H,11,12). The van der Waals surface area contributed by atoms with Crippen molar-refractivity contribution in [3.8, 4) is 0 Å². The SMILES string of the molecule is CC(O)(CNCc1ccon1)C(=O)O. The molecule has 0 fully saturated rings. The summed E-state index contributed by atoms with van der Waals surface area (Å²) in [6.07, 6.45) is 1.42. The Bertz CT molecular complexity index is 294. The smallest absolute Gasteiger partial charge is 0.336 e. The van der Waals surface area contributed by atoms with Crippen molar-refractivity contribution in [2.45, 2.75) is 19.1 Å². The third-order valence-corrected chi connectivity index (χ3v) is 1.73. The number of rotatable bonds is 5. The Labute approximate surface area is 80.5 Å². The van der Waals surface area contributed by atoms with Crippen LogP contribution in [-0.4, -0.2) is 33.5 Å². The largest absolute Gasteiger partial charge is 0.479 e. The van der Waals surface area contributed by atoms with Crippen LogP contribution in [0.2, 0.25) is 0 Å². The summed E-state index contributed by atoms with van der Waals surface area (Å²) in [6.45, 7) is 1.54. The Morgan fingerprint density at radius 1 is 1.79 bits per heavy atom. The number of hydrogen-bond acceptors (Lipinski definition) is 5. The fraction of sp³-hybridized carbons (Fsp3) is 0.500. The first-order valence-corrected chi connectivity index (χ1v) is 4.08. The molecular weight excluding hydrogens is 188 g/mol. The summed E-state index contributed by atoms with van der Waals surface area (Å²) < 4.78 is 4.58. The number of hydrogen-bond donors (Lipinski definition) is 3. The van der Waals surface area contributed by atoms with Gasteiger partial charge in [-0.05, 0) is 6.92 Å². The van der Waals surface area contributed by atoms with Gasteiger partial charge in [-0.15, -0.1) is 0 Å². The third-order valence-electron chi connectivity index (χ3n) is 1.73. The number of nitrogens with one attached hydrogen (secondary N) is 1. The van der Waals surface area contributed by atoms with E-state index < -0.39 is 11.6 Å². The fourth-order valence-electron chi connectivity index (χ4n) is 0.838. The lowest BCUT2D eigenvalue weighted by molar-refractivity contribution is -0.156. The van der Waals surface area contributed by atoms with Crippen molar-refractivity contribution in [2.75, 3.05) is 6.54 Å². The number of carbonyl (C=O) groups is 1. The summed E-state index contributed by atoms with van der Waals surface area (Å²) in [7, 11) is 0. The van der Waals surface area contributed by atoms with Crippen LogP contribution in [0.5, 0.6) is 0 Å². The number of carboxylic acids is 1. The van der Waals surface area contributed by atoms with Gasteiger partial charge < -0.3 is 20.1 Å². The van der Waals surface area contributed by atoms with Gasteiger partial charge in [0.25, 0.3) is 0 Å². The molecule has 0 aliphatic carbocycles. The van der Waals surface area contributed by atoms with Crippen LogP contribution in [0.1, 0.15) is 12.6 Å². The molecule has 0 saturated heterocycles.